The Morgan fingerprint density at radius 1 is 0.893 bits per heavy atom. The number of aromatic nitrogens is 3. The van der Waals surface area contributed by atoms with Gasteiger partial charge in [0.1, 0.15) is 0 Å². The lowest BCUT2D eigenvalue weighted by Crippen LogP contribution is -2.15. The van der Waals surface area contributed by atoms with Crippen molar-refractivity contribution in [2.75, 3.05) is 10.6 Å². The number of anilines is 3. The molecule has 0 aliphatic rings. The van der Waals surface area contributed by atoms with E-state index in [9.17, 15) is 4.79 Å². The lowest BCUT2D eigenvalue weighted by atomic mass is 10.1. The van der Waals surface area contributed by atoms with E-state index in [0.29, 0.717) is 5.82 Å². The minimum atomic E-state index is -0.285. The second kappa shape index (κ2) is 7.84. The van der Waals surface area contributed by atoms with Crippen molar-refractivity contribution >= 4 is 34.0 Å². The lowest BCUT2D eigenvalue weighted by molar-refractivity contribution is 0.102. The summed E-state index contributed by atoms with van der Waals surface area (Å²) in [4.78, 5) is 16.9. The first-order valence-corrected chi connectivity index (χ1v) is 9.08. The van der Waals surface area contributed by atoms with Gasteiger partial charge in [0.25, 0.3) is 5.91 Å². The Hall–Kier alpha value is -3.80. The van der Waals surface area contributed by atoms with Crippen molar-refractivity contribution in [2.45, 2.75) is 13.3 Å². The molecule has 0 saturated heterocycles. The predicted octanol–water partition coefficient (Wildman–Crippen LogP) is 4.58. The molecule has 6 heteroatoms. The molecule has 0 radical (unpaired) electrons. The Kier molecular flexibility index (Phi) is 4.93. The highest BCUT2D eigenvalue weighted by atomic mass is 16.1. The van der Waals surface area contributed by atoms with Crippen molar-refractivity contribution in [3.05, 3.63) is 84.2 Å². The van der Waals surface area contributed by atoms with Gasteiger partial charge in [0.05, 0.1) is 11.2 Å². The zero-order valence-corrected chi connectivity index (χ0v) is 15.4. The van der Waals surface area contributed by atoms with Crippen LogP contribution >= 0.6 is 0 Å². The molecule has 2 aromatic carbocycles. The van der Waals surface area contributed by atoms with Gasteiger partial charge in [-0.25, -0.2) is 0 Å². The van der Waals surface area contributed by atoms with Crippen LogP contribution in [0.1, 0.15) is 23.0 Å². The quantitative estimate of drug-likeness (QED) is 0.538. The third kappa shape index (κ3) is 3.66. The van der Waals surface area contributed by atoms with Crippen molar-refractivity contribution in [2.24, 2.45) is 0 Å². The molecule has 1 amide bonds. The first-order chi connectivity index (χ1) is 13.7. The summed E-state index contributed by atoms with van der Waals surface area (Å²) in [6.45, 7) is 2.05. The molecule has 2 heterocycles. The Morgan fingerprint density at radius 3 is 2.54 bits per heavy atom. The molecule has 138 valence electrons. The van der Waals surface area contributed by atoms with Crippen LogP contribution in [0.25, 0.3) is 10.9 Å². The zero-order valence-electron chi connectivity index (χ0n) is 15.4. The standard InChI is InChI=1S/C22H19N5O/c1-2-15-7-3-4-10-17(15)25-22(28)19-12-13-20(27-26-19)24-18-11-5-8-16-9-6-14-23-21(16)18/h3-14H,2H2,1H3,(H,24,27)(H,25,28). The van der Waals surface area contributed by atoms with E-state index < -0.39 is 0 Å². The fourth-order valence-electron chi connectivity index (χ4n) is 3.00. The monoisotopic (exact) mass is 369 g/mol. The maximum Gasteiger partial charge on any atom is 0.276 e. The number of amides is 1. The largest absolute Gasteiger partial charge is 0.337 e. The highest BCUT2D eigenvalue weighted by molar-refractivity contribution is 6.03. The van der Waals surface area contributed by atoms with Gasteiger partial charge >= 0.3 is 0 Å². The summed E-state index contributed by atoms with van der Waals surface area (Å²) in [6.07, 6.45) is 2.59. The van der Waals surface area contributed by atoms with Crippen molar-refractivity contribution in [3.8, 4) is 0 Å². The second-order valence-electron chi connectivity index (χ2n) is 6.27. The van der Waals surface area contributed by atoms with Crippen LogP contribution in [0.3, 0.4) is 0 Å². The molecule has 4 rings (SSSR count). The molecule has 0 fully saturated rings. The molecule has 0 atom stereocenters. The molecule has 6 nitrogen and oxygen atoms in total. The molecule has 0 bridgehead atoms. The first kappa shape index (κ1) is 17.6. The number of nitrogens with one attached hydrogen (secondary N) is 2. The van der Waals surface area contributed by atoms with Gasteiger partial charge in [0.2, 0.25) is 0 Å². The topological polar surface area (TPSA) is 79.8 Å². The van der Waals surface area contributed by atoms with Gasteiger partial charge in [-0.15, -0.1) is 10.2 Å². The number of nitrogens with zero attached hydrogens (tertiary/aromatic N) is 3. The van der Waals surface area contributed by atoms with Crippen molar-refractivity contribution in [1.82, 2.24) is 15.2 Å². The van der Waals surface area contributed by atoms with Crippen LogP contribution in [-0.4, -0.2) is 21.1 Å². The number of carbonyl (C=O) groups excluding carboxylic acids is 1. The summed E-state index contributed by atoms with van der Waals surface area (Å²) in [5.41, 5.74) is 3.81. The van der Waals surface area contributed by atoms with Gasteiger partial charge in [-0.3, -0.25) is 9.78 Å². The highest BCUT2D eigenvalue weighted by Crippen LogP contribution is 2.23. The smallest absolute Gasteiger partial charge is 0.276 e. The normalized spacial score (nSPS) is 10.6. The van der Waals surface area contributed by atoms with Crippen molar-refractivity contribution in [1.29, 1.82) is 0 Å². The number of benzene rings is 2. The van der Waals surface area contributed by atoms with Crippen LogP contribution in [-0.2, 0) is 6.42 Å². The van der Waals surface area contributed by atoms with E-state index >= 15 is 0 Å². The molecule has 4 aromatic rings. The lowest BCUT2D eigenvalue weighted by Gasteiger charge is -2.10. The molecular weight excluding hydrogens is 350 g/mol. The summed E-state index contributed by atoms with van der Waals surface area (Å²) < 4.78 is 0. The van der Waals surface area contributed by atoms with Crippen molar-refractivity contribution in [3.63, 3.8) is 0 Å². The van der Waals surface area contributed by atoms with E-state index in [4.69, 9.17) is 0 Å². The van der Waals surface area contributed by atoms with E-state index in [-0.39, 0.29) is 11.6 Å². The third-order valence-corrected chi connectivity index (χ3v) is 4.44. The number of hydrogen-bond acceptors (Lipinski definition) is 5. The molecular formula is C22H19N5O. The van der Waals surface area contributed by atoms with Crippen molar-refractivity contribution < 1.29 is 4.79 Å². The van der Waals surface area contributed by atoms with Crippen LogP contribution in [0.2, 0.25) is 0 Å². The van der Waals surface area contributed by atoms with Gasteiger partial charge in [0.15, 0.2) is 11.5 Å². The summed E-state index contributed by atoms with van der Waals surface area (Å²) in [7, 11) is 0. The number of aryl methyl sites for hydroxylation is 1. The maximum atomic E-state index is 12.5. The Balaban J connectivity index is 1.51. The Morgan fingerprint density at radius 2 is 1.71 bits per heavy atom. The Labute approximate surface area is 162 Å². The third-order valence-electron chi connectivity index (χ3n) is 4.44. The SMILES string of the molecule is CCc1ccccc1NC(=O)c1ccc(Nc2cccc3cccnc23)nn1. The molecule has 2 N–H and O–H groups in total. The summed E-state index contributed by atoms with van der Waals surface area (Å²) in [6, 6.07) is 20.9. The van der Waals surface area contributed by atoms with E-state index in [0.717, 1.165) is 34.3 Å². The average molecular weight is 369 g/mol. The average Bonchev–Trinajstić information content (AvgIpc) is 2.75. The van der Waals surface area contributed by atoms with Gasteiger partial charge in [-0.2, -0.15) is 0 Å². The Bertz CT molecular complexity index is 1120. The van der Waals surface area contributed by atoms with Crippen LogP contribution in [0, 0.1) is 0 Å². The van der Waals surface area contributed by atoms with E-state index in [1.807, 2.05) is 61.5 Å². The number of carbonyl (C=O) groups is 1. The van der Waals surface area contributed by atoms with Gasteiger partial charge in [-0.1, -0.05) is 43.3 Å². The van der Waals surface area contributed by atoms with E-state index in [2.05, 4.69) is 25.8 Å². The molecule has 0 unspecified atom stereocenters. The first-order valence-electron chi connectivity index (χ1n) is 9.08. The fraction of sp³-hybridized carbons (Fsp3) is 0.0909. The van der Waals surface area contributed by atoms with Crippen LogP contribution in [0.4, 0.5) is 17.2 Å². The minimum absolute atomic E-state index is 0.257. The van der Waals surface area contributed by atoms with Gasteiger partial charge in [0, 0.05) is 17.3 Å². The van der Waals surface area contributed by atoms with Crippen LogP contribution in [0.15, 0.2) is 72.9 Å². The number of rotatable bonds is 5. The molecule has 0 aliphatic heterocycles. The summed E-state index contributed by atoms with van der Waals surface area (Å²) >= 11 is 0. The van der Waals surface area contributed by atoms with Crippen LogP contribution < -0.4 is 10.6 Å². The minimum Gasteiger partial charge on any atom is -0.337 e. The molecule has 2 aromatic heterocycles. The predicted molar refractivity (Wildman–Crippen MR) is 111 cm³/mol. The number of para-hydroxylation sites is 2. The maximum absolute atomic E-state index is 12.5. The van der Waals surface area contributed by atoms with Crippen LogP contribution in [0.5, 0.6) is 0 Å². The fourth-order valence-corrected chi connectivity index (χ4v) is 3.00. The highest BCUT2D eigenvalue weighted by Gasteiger charge is 2.11. The van der Waals surface area contributed by atoms with E-state index in [1.165, 1.54) is 0 Å². The summed E-state index contributed by atoms with van der Waals surface area (Å²) in [5.74, 6) is 0.260. The molecule has 0 spiro atoms. The molecule has 28 heavy (non-hydrogen) atoms. The number of pyridine rings is 1. The van der Waals surface area contributed by atoms with Gasteiger partial charge in [-0.05, 0) is 42.3 Å². The summed E-state index contributed by atoms with van der Waals surface area (Å²) in [5, 5.41) is 15.3. The molecule has 0 aliphatic carbocycles. The second-order valence-corrected chi connectivity index (χ2v) is 6.27. The van der Waals surface area contributed by atoms with E-state index in [1.54, 1.807) is 18.3 Å². The van der Waals surface area contributed by atoms with Gasteiger partial charge < -0.3 is 10.6 Å². The molecule has 0 saturated carbocycles. The number of hydrogen-bond donors (Lipinski definition) is 2. The number of fused-ring (bicyclic) bond motifs is 1. The zero-order chi connectivity index (χ0) is 19.3.